The van der Waals surface area contributed by atoms with Gasteiger partial charge in [-0.05, 0) is 41.3 Å². The number of carbonyl (C=O) groups excluding carboxylic acids is 1. The molecule has 3 heterocycles. The van der Waals surface area contributed by atoms with Gasteiger partial charge in [-0.25, -0.2) is 8.42 Å². The van der Waals surface area contributed by atoms with Gasteiger partial charge in [0.25, 0.3) is 0 Å². The van der Waals surface area contributed by atoms with Crippen molar-refractivity contribution < 1.29 is 22.7 Å². The predicted octanol–water partition coefficient (Wildman–Crippen LogP) is 4.31. The summed E-state index contributed by atoms with van der Waals surface area (Å²) in [6.45, 7) is 0.821. The smallest absolute Gasteiger partial charge is 0.231 e. The number of fused-ring (bicyclic) bond motifs is 3. The van der Waals surface area contributed by atoms with Gasteiger partial charge in [-0.1, -0.05) is 54.6 Å². The molecule has 0 spiro atoms. The van der Waals surface area contributed by atoms with Crippen LogP contribution in [0.4, 0.5) is 0 Å². The third-order valence-electron chi connectivity index (χ3n) is 6.69. The van der Waals surface area contributed by atoms with Gasteiger partial charge in [-0.2, -0.15) is 0 Å². The fraction of sp³-hybridized carbons (Fsp3) is 0.222. The number of ether oxygens (including phenoxy) is 2. The lowest BCUT2D eigenvalue weighted by Gasteiger charge is -2.33. The second-order valence-corrected chi connectivity index (χ2v) is 11.2. The number of allylic oxidation sites excluding steroid dienone is 1. The van der Waals surface area contributed by atoms with Crippen molar-refractivity contribution in [1.82, 2.24) is 4.90 Å². The van der Waals surface area contributed by atoms with Crippen LogP contribution in [0.1, 0.15) is 27.9 Å². The van der Waals surface area contributed by atoms with E-state index in [1.54, 1.807) is 18.2 Å². The number of nitrogens with zero attached hydrogens (tertiary/aromatic N) is 1. The maximum absolute atomic E-state index is 13.1. The molecule has 3 aliphatic rings. The number of carbonyl (C=O) groups is 1. The molecule has 3 aromatic carbocycles. The Balaban J connectivity index is 1.26. The standard InChI is InChI=1S/C27H23NO5S/c29-26-22-10-11-24-23(15-28(17-32-24)21-12-13-34(30,31)16-21)27(22)33-25(26)14-18-6-8-20(9-7-18)19-4-2-1-3-5-19/h1-11,14,21H,12-13,15-17H2/b25-14-. The molecule has 0 aliphatic carbocycles. The van der Waals surface area contributed by atoms with Crippen molar-refractivity contribution in [2.24, 2.45) is 0 Å². The molecular formula is C27H23NO5S. The van der Waals surface area contributed by atoms with E-state index in [0.29, 0.717) is 36.8 Å². The highest BCUT2D eigenvalue weighted by atomic mass is 32.2. The molecule has 0 saturated carbocycles. The molecular weight excluding hydrogens is 450 g/mol. The van der Waals surface area contributed by atoms with Crippen LogP contribution in [0.2, 0.25) is 0 Å². The van der Waals surface area contributed by atoms with Crippen LogP contribution in [0, 0.1) is 0 Å². The van der Waals surface area contributed by atoms with Crippen LogP contribution >= 0.6 is 0 Å². The highest BCUT2D eigenvalue weighted by Gasteiger charge is 2.38. The second kappa shape index (κ2) is 8.11. The van der Waals surface area contributed by atoms with Crippen LogP contribution in [-0.2, 0) is 16.4 Å². The molecule has 0 amide bonds. The van der Waals surface area contributed by atoms with Gasteiger partial charge >= 0.3 is 0 Å². The van der Waals surface area contributed by atoms with E-state index in [0.717, 1.165) is 22.3 Å². The summed E-state index contributed by atoms with van der Waals surface area (Å²) in [6, 6.07) is 21.6. The summed E-state index contributed by atoms with van der Waals surface area (Å²) in [4.78, 5) is 15.1. The van der Waals surface area contributed by atoms with Crippen LogP contribution in [0.3, 0.4) is 0 Å². The minimum absolute atomic E-state index is 0.0794. The summed E-state index contributed by atoms with van der Waals surface area (Å²) >= 11 is 0. The van der Waals surface area contributed by atoms with Gasteiger partial charge < -0.3 is 9.47 Å². The van der Waals surface area contributed by atoms with Gasteiger partial charge in [-0.15, -0.1) is 0 Å². The van der Waals surface area contributed by atoms with E-state index < -0.39 is 9.84 Å². The molecule has 172 valence electrons. The minimum Gasteiger partial charge on any atom is -0.478 e. The summed E-state index contributed by atoms with van der Waals surface area (Å²) in [5, 5.41) is 0. The highest BCUT2D eigenvalue weighted by Crippen LogP contribution is 2.42. The van der Waals surface area contributed by atoms with Gasteiger partial charge in [0.2, 0.25) is 5.78 Å². The number of hydrogen-bond donors (Lipinski definition) is 0. The van der Waals surface area contributed by atoms with Crippen LogP contribution < -0.4 is 9.47 Å². The molecule has 7 heteroatoms. The SMILES string of the molecule is O=C1/C(=C/c2ccc(-c3ccccc3)cc2)Oc2c1ccc1c2CN(C2CCS(=O)(=O)C2)CO1. The third kappa shape index (κ3) is 3.81. The van der Waals surface area contributed by atoms with Crippen molar-refractivity contribution >= 4 is 21.7 Å². The molecule has 0 aromatic heterocycles. The first-order valence-corrected chi connectivity index (χ1v) is 13.1. The average Bonchev–Trinajstić information content (AvgIpc) is 3.38. The lowest BCUT2D eigenvalue weighted by Crippen LogP contribution is -2.41. The van der Waals surface area contributed by atoms with Gasteiger partial charge in [-0.3, -0.25) is 9.69 Å². The first-order valence-electron chi connectivity index (χ1n) is 11.3. The van der Waals surface area contributed by atoms with Crippen LogP contribution in [0.5, 0.6) is 11.5 Å². The summed E-state index contributed by atoms with van der Waals surface area (Å²) in [7, 11) is -3.00. The monoisotopic (exact) mass is 473 g/mol. The van der Waals surface area contributed by atoms with Crippen LogP contribution in [-0.4, -0.2) is 43.4 Å². The molecule has 1 unspecified atom stereocenters. The maximum Gasteiger partial charge on any atom is 0.231 e. The van der Waals surface area contributed by atoms with Crippen molar-refractivity contribution in [2.45, 2.75) is 19.0 Å². The van der Waals surface area contributed by atoms with Crippen molar-refractivity contribution in [1.29, 1.82) is 0 Å². The molecule has 1 fully saturated rings. The fourth-order valence-electron chi connectivity index (χ4n) is 4.83. The Morgan fingerprint density at radius 3 is 2.44 bits per heavy atom. The zero-order chi connectivity index (χ0) is 23.3. The number of sulfone groups is 1. The average molecular weight is 474 g/mol. The molecule has 6 nitrogen and oxygen atoms in total. The van der Waals surface area contributed by atoms with Crippen LogP contribution in [0.25, 0.3) is 17.2 Å². The van der Waals surface area contributed by atoms with Crippen molar-refractivity contribution in [3.63, 3.8) is 0 Å². The number of benzene rings is 3. The topological polar surface area (TPSA) is 72.9 Å². The van der Waals surface area contributed by atoms with Crippen LogP contribution in [0.15, 0.2) is 72.5 Å². The van der Waals surface area contributed by atoms with Gasteiger partial charge in [0, 0.05) is 12.6 Å². The zero-order valence-electron chi connectivity index (χ0n) is 18.4. The van der Waals surface area contributed by atoms with E-state index in [9.17, 15) is 13.2 Å². The van der Waals surface area contributed by atoms with Crippen molar-refractivity contribution in [3.8, 4) is 22.6 Å². The summed E-state index contributed by atoms with van der Waals surface area (Å²) < 4.78 is 35.8. The van der Waals surface area contributed by atoms with E-state index >= 15 is 0 Å². The molecule has 0 bridgehead atoms. The summed E-state index contributed by atoms with van der Waals surface area (Å²) in [6.07, 6.45) is 2.36. The third-order valence-corrected chi connectivity index (χ3v) is 8.44. The second-order valence-electron chi connectivity index (χ2n) is 8.92. The quantitative estimate of drug-likeness (QED) is 0.528. The predicted molar refractivity (Wildman–Crippen MR) is 129 cm³/mol. The Hall–Kier alpha value is -3.42. The van der Waals surface area contributed by atoms with Gasteiger partial charge in [0.05, 0.1) is 22.6 Å². The number of ketones is 1. The first-order chi connectivity index (χ1) is 16.5. The van der Waals surface area contributed by atoms with E-state index in [1.807, 2.05) is 47.4 Å². The molecule has 1 atom stereocenters. The van der Waals surface area contributed by atoms with Crippen molar-refractivity contribution in [3.05, 3.63) is 89.2 Å². The molecule has 0 N–H and O–H groups in total. The Bertz CT molecular complexity index is 1410. The number of rotatable bonds is 3. The maximum atomic E-state index is 13.1. The number of hydrogen-bond acceptors (Lipinski definition) is 6. The van der Waals surface area contributed by atoms with E-state index in [-0.39, 0.29) is 29.1 Å². The minimum atomic E-state index is -3.00. The van der Waals surface area contributed by atoms with E-state index in [2.05, 4.69) is 12.1 Å². The summed E-state index contributed by atoms with van der Waals surface area (Å²) in [5.74, 6) is 1.66. The Labute approximate surface area is 198 Å². The molecule has 6 rings (SSSR count). The lowest BCUT2D eigenvalue weighted by molar-refractivity contribution is 0.0634. The molecule has 3 aromatic rings. The fourth-order valence-corrected chi connectivity index (χ4v) is 6.59. The number of Topliss-reactive ketones (excluding diaryl/α,β-unsaturated/α-hetero) is 1. The normalized spacial score (nSPS) is 22.2. The molecule has 1 saturated heterocycles. The summed E-state index contributed by atoms with van der Waals surface area (Å²) in [5.41, 5.74) is 4.41. The molecule has 3 aliphatic heterocycles. The van der Waals surface area contributed by atoms with E-state index in [4.69, 9.17) is 9.47 Å². The largest absolute Gasteiger partial charge is 0.478 e. The van der Waals surface area contributed by atoms with Gasteiger partial charge in [0.15, 0.2) is 15.6 Å². The molecule has 34 heavy (non-hydrogen) atoms. The Morgan fingerprint density at radius 1 is 0.941 bits per heavy atom. The lowest BCUT2D eigenvalue weighted by atomic mass is 10.0. The molecule has 0 radical (unpaired) electrons. The first kappa shape index (κ1) is 21.1. The van der Waals surface area contributed by atoms with Gasteiger partial charge in [0.1, 0.15) is 18.2 Å². The van der Waals surface area contributed by atoms with Crippen molar-refractivity contribution in [2.75, 3.05) is 18.2 Å². The Morgan fingerprint density at radius 2 is 1.71 bits per heavy atom. The highest BCUT2D eigenvalue weighted by molar-refractivity contribution is 7.91. The Kier molecular flexibility index (Phi) is 5.04. The zero-order valence-corrected chi connectivity index (χ0v) is 19.3. The van der Waals surface area contributed by atoms with E-state index in [1.165, 1.54) is 0 Å².